The quantitative estimate of drug-likeness (QED) is 0.571. The average Bonchev–Trinajstić information content (AvgIpc) is 3.24. The minimum Gasteiger partial charge on any atom is -0.331 e. The van der Waals surface area contributed by atoms with E-state index < -0.39 is 0 Å². The van der Waals surface area contributed by atoms with Gasteiger partial charge in [-0.25, -0.2) is 0 Å². The molecule has 162 valence electrons. The molecule has 1 aliphatic heterocycles. The minimum atomic E-state index is -0.0716. The van der Waals surface area contributed by atoms with E-state index in [9.17, 15) is 9.59 Å². The Bertz CT molecular complexity index is 858. The lowest BCUT2D eigenvalue weighted by Crippen LogP contribution is -2.49. The summed E-state index contributed by atoms with van der Waals surface area (Å²) in [4.78, 5) is 31.5. The molecule has 0 saturated heterocycles. The number of carbonyl (C=O) groups excluding carboxylic acids is 2. The summed E-state index contributed by atoms with van der Waals surface area (Å²) in [7, 11) is 0. The lowest BCUT2D eigenvalue weighted by Gasteiger charge is -2.38. The van der Waals surface area contributed by atoms with E-state index in [2.05, 4.69) is 56.5 Å². The van der Waals surface area contributed by atoms with E-state index in [0.29, 0.717) is 13.0 Å². The number of fused-ring (bicyclic) bond motifs is 1. The molecule has 4 nitrogen and oxygen atoms in total. The van der Waals surface area contributed by atoms with Gasteiger partial charge in [-0.05, 0) is 55.7 Å². The second-order valence-electron chi connectivity index (χ2n) is 8.33. The van der Waals surface area contributed by atoms with E-state index in [1.807, 2.05) is 11.8 Å². The van der Waals surface area contributed by atoms with Crippen LogP contribution in [0.15, 0.2) is 35.7 Å². The zero-order valence-electron chi connectivity index (χ0n) is 18.7. The second kappa shape index (κ2) is 10.3. The van der Waals surface area contributed by atoms with Gasteiger partial charge in [0.25, 0.3) is 0 Å². The van der Waals surface area contributed by atoms with Gasteiger partial charge in [0.15, 0.2) is 0 Å². The predicted molar refractivity (Wildman–Crippen MR) is 124 cm³/mol. The molecular formula is C25H34N2O2S. The first-order valence-electron chi connectivity index (χ1n) is 11.2. The van der Waals surface area contributed by atoms with Crippen LogP contribution in [0.1, 0.15) is 74.1 Å². The van der Waals surface area contributed by atoms with Crippen molar-refractivity contribution in [1.82, 2.24) is 9.80 Å². The lowest BCUT2D eigenvalue weighted by molar-refractivity contribution is -0.143. The smallest absolute Gasteiger partial charge is 0.243 e. The van der Waals surface area contributed by atoms with Gasteiger partial charge in [0.05, 0.1) is 6.04 Å². The Morgan fingerprint density at radius 3 is 2.60 bits per heavy atom. The number of hydrogen-bond donors (Lipinski definition) is 0. The number of rotatable bonds is 8. The summed E-state index contributed by atoms with van der Waals surface area (Å²) in [5.74, 6) is 0.141. The molecule has 0 radical (unpaired) electrons. The first-order valence-corrected chi connectivity index (χ1v) is 12.1. The molecule has 0 fully saturated rings. The molecule has 2 amide bonds. The van der Waals surface area contributed by atoms with Gasteiger partial charge in [0, 0.05) is 23.9 Å². The third-order valence-corrected chi connectivity index (χ3v) is 7.17. The van der Waals surface area contributed by atoms with Crippen molar-refractivity contribution in [2.24, 2.45) is 0 Å². The summed E-state index contributed by atoms with van der Waals surface area (Å²) in [5.41, 5.74) is 3.58. The van der Waals surface area contributed by atoms with Crippen LogP contribution in [0.3, 0.4) is 0 Å². The fraction of sp³-hybridized carbons (Fsp3) is 0.520. The Kier molecular flexibility index (Phi) is 7.70. The van der Waals surface area contributed by atoms with Gasteiger partial charge < -0.3 is 9.80 Å². The maximum atomic E-state index is 13.5. The molecule has 3 rings (SSSR count). The highest BCUT2D eigenvalue weighted by Crippen LogP contribution is 2.38. The minimum absolute atomic E-state index is 0.0440. The van der Waals surface area contributed by atoms with Crippen molar-refractivity contribution in [1.29, 1.82) is 0 Å². The first kappa shape index (κ1) is 22.5. The van der Waals surface area contributed by atoms with Crippen molar-refractivity contribution < 1.29 is 9.59 Å². The van der Waals surface area contributed by atoms with E-state index in [4.69, 9.17) is 0 Å². The number of benzene rings is 1. The maximum absolute atomic E-state index is 13.5. The van der Waals surface area contributed by atoms with Crippen LogP contribution in [0.2, 0.25) is 0 Å². The number of carbonyl (C=O) groups is 2. The monoisotopic (exact) mass is 426 g/mol. The Balaban J connectivity index is 1.86. The molecular weight excluding hydrogens is 392 g/mol. The molecule has 1 aliphatic rings. The molecule has 2 heterocycles. The van der Waals surface area contributed by atoms with Crippen molar-refractivity contribution in [3.63, 3.8) is 0 Å². The predicted octanol–water partition coefficient (Wildman–Crippen LogP) is 5.35. The zero-order valence-corrected chi connectivity index (χ0v) is 19.5. The normalized spacial score (nSPS) is 16.8. The Morgan fingerprint density at radius 1 is 1.20 bits per heavy atom. The molecule has 5 heteroatoms. The van der Waals surface area contributed by atoms with E-state index in [0.717, 1.165) is 31.2 Å². The maximum Gasteiger partial charge on any atom is 0.243 e. The van der Waals surface area contributed by atoms with Crippen molar-refractivity contribution in [2.75, 3.05) is 13.1 Å². The van der Waals surface area contributed by atoms with Crippen LogP contribution in [0.4, 0.5) is 0 Å². The Morgan fingerprint density at radius 2 is 1.93 bits per heavy atom. The fourth-order valence-corrected chi connectivity index (χ4v) is 5.02. The highest BCUT2D eigenvalue weighted by atomic mass is 32.1. The Labute approximate surface area is 184 Å². The summed E-state index contributed by atoms with van der Waals surface area (Å²) in [6.45, 7) is 9.15. The molecule has 0 aliphatic carbocycles. The van der Waals surface area contributed by atoms with Crippen LogP contribution in [0.25, 0.3) is 0 Å². The van der Waals surface area contributed by atoms with Gasteiger partial charge >= 0.3 is 0 Å². The summed E-state index contributed by atoms with van der Waals surface area (Å²) < 4.78 is 0. The van der Waals surface area contributed by atoms with E-state index in [-0.39, 0.29) is 30.4 Å². The van der Waals surface area contributed by atoms with Gasteiger partial charge in [0.1, 0.15) is 6.54 Å². The third-order valence-electron chi connectivity index (χ3n) is 6.17. The average molecular weight is 427 g/mol. The number of unbranched alkanes of at least 4 members (excludes halogenated alkanes) is 1. The van der Waals surface area contributed by atoms with Gasteiger partial charge in [-0.1, -0.05) is 50.1 Å². The van der Waals surface area contributed by atoms with Crippen LogP contribution in [0.5, 0.6) is 0 Å². The largest absolute Gasteiger partial charge is 0.331 e. The van der Waals surface area contributed by atoms with Crippen LogP contribution in [-0.2, 0) is 16.0 Å². The van der Waals surface area contributed by atoms with Crippen LogP contribution in [0, 0.1) is 6.92 Å². The highest BCUT2D eigenvalue weighted by molar-refractivity contribution is 7.10. The summed E-state index contributed by atoms with van der Waals surface area (Å²) >= 11 is 1.77. The van der Waals surface area contributed by atoms with E-state index >= 15 is 0 Å². The molecule has 2 aromatic rings. The van der Waals surface area contributed by atoms with Crippen LogP contribution < -0.4 is 0 Å². The highest BCUT2D eigenvalue weighted by Gasteiger charge is 2.34. The third kappa shape index (κ3) is 4.94. The standard InChI is InChI=1S/C25H34N2O2S/c1-5-7-8-23(28)27(19(4)6-2)17-24(29)26-15-13-22-21(14-16-30-22)25(26)20-11-9-18(3)10-12-20/h9-12,14,16,19,25H,5-8,13,15,17H2,1-4H3/t19-,25-/m0/s1. The van der Waals surface area contributed by atoms with Gasteiger partial charge in [-0.15, -0.1) is 11.3 Å². The first-order chi connectivity index (χ1) is 14.5. The van der Waals surface area contributed by atoms with Crippen molar-refractivity contribution in [3.05, 3.63) is 57.3 Å². The van der Waals surface area contributed by atoms with Crippen LogP contribution in [-0.4, -0.2) is 40.7 Å². The van der Waals surface area contributed by atoms with Crippen LogP contribution >= 0.6 is 11.3 Å². The Hall–Kier alpha value is -2.14. The number of aryl methyl sites for hydroxylation is 1. The molecule has 2 atom stereocenters. The second-order valence-corrected chi connectivity index (χ2v) is 9.33. The molecule has 0 N–H and O–H groups in total. The summed E-state index contributed by atoms with van der Waals surface area (Å²) in [5, 5.41) is 2.12. The summed E-state index contributed by atoms with van der Waals surface area (Å²) in [6, 6.07) is 10.6. The molecule has 0 bridgehead atoms. The van der Waals surface area contributed by atoms with Crippen molar-refractivity contribution >= 4 is 23.2 Å². The van der Waals surface area contributed by atoms with Gasteiger partial charge in [0.2, 0.25) is 11.8 Å². The SMILES string of the molecule is CCCCC(=O)N(CC(=O)N1CCc2sccc2[C@@H]1c1ccc(C)cc1)[C@@H](C)CC. The topological polar surface area (TPSA) is 40.6 Å². The van der Waals surface area contributed by atoms with Crippen molar-refractivity contribution in [3.8, 4) is 0 Å². The van der Waals surface area contributed by atoms with E-state index in [1.54, 1.807) is 16.2 Å². The number of hydrogen-bond acceptors (Lipinski definition) is 3. The molecule has 0 spiro atoms. The number of nitrogens with zero attached hydrogens (tertiary/aromatic N) is 2. The van der Waals surface area contributed by atoms with E-state index in [1.165, 1.54) is 16.0 Å². The lowest BCUT2D eigenvalue weighted by atomic mass is 9.92. The zero-order chi connectivity index (χ0) is 21.7. The fourth-order valence-electron chi connectivity index (χ4n) is 4.11. The molecule has 1 aromatic carbocycles. The van der Waals surface area contributed by atoms with Crippen molar-refractivity contribution in [2.45, 2.75) is 71.9 Å². The molecule has 0 saturated carbocycles. The molecule has 1 aromatic heterocycles. The van der Waals surface area contributed by atoms with Gasteiger partial charge in [-0.3, -0.25) is 9.59 Å². The molecule has 30 heavy (non-hydrogen) atoms. The number of thiophene rings is 1. The number of amides is 2. The summed E-state index contributed by atoms with van der Waals surface area (Å²) in [6.07, 6.45) is 4.10. The molecule has 0 unspecified atom stereocenters. The van der Waals surface area contributed by atoms with Gasteiger partial charge in [-0.2, -0.15) is 0 Å².